The molecule has 194 valence electrons. The molecule has 10 atom stereocenters. The second-order valence-electron chi connectivity index (χ2n) is 12.5. The number of esters is 3. The Morgan fingerprint density at radius 1 is 0.944 bits per heavy atom. The minimum Gasteiger partial charge on any atom is -0.465 e. The molecule has 2 spiro atoms. The van der Waals surface area contributed by atoms with Crippen molar-refractivity contribution < 1.29 is 48.0 Å². The molecule has 1 N–H and O–H groups in total. The predicted molar refractivity (Wildman–Crippen MR) is 117 cm³/mol. The zero-order valence-electron chi connectivity index (χ0n) is 20.7. The van der Waals surface area contributed by atoms with Gasteiger partial charge < -0.3 is 28.8 Å². The van der Waals surface area contributed by atoms with Crippen LogP contribution in [-0.2, 0) is 42.9 Å². The standard InChI is InChI=1S/C26H30O10/c1-22(2)13-8-14(27)24(4)12(25(13)10-32-16(28)9-15(25)35-22)5-6-23(3)18(11-7-17(29)33-20(11)30)34-21(31)19-26(23,24)36-19/h7,12-13,15,17-19,29H,5-6,8-10H2,1-4H3/t12-,13-,15-,17?,18?,19?,23-,24-,25+,26+/m0/s1. The molecule has 5 aliphatic heterocycles. The summed E-state index contributed by atoms with van der Waals surface area (Å²) in [4.78, 5) is 52.3. The molecule has 0 aromatic rings. The molecular weight excluding hydrogens is 472 g/mol. The summed E-state index contributed by atoms with van der Waals surface area (Å²) in [5, 5.41) is 9.90. The molecule has 0 amide bonds. The van der Waals surface area contributed by atoms with Crippen LogP contribution in [0.2, 0.25) is 0 Å². The number of aliphatic hydroxyl groups excluding tert-OH is 1. The van der Waals surface area contributed by atoms with Crippen LogP contribution < -0.4 is 0 Å². The molecule has 0 radical (unpaired) electrons. The molecule has 2 saturated carbocycles. The Kier molecular flexibility index (Phi) is 4.06. The maximum absolute atomic E-state index is 14.3. The van der Waals surface area contributed by atoms with Gasteiger partial charge in [-0.1, -0.05) is 6.92 Å². The third-order valence-corrected chi connectivity index (χ3v) is 11.0. The number of rotatable bonds is 1. The number of cyclic esters (lactones) is 3. The van der Waals surface area contributed by atoms with Crippen LogP contribution in [0.15, 0.2) is 11.6 Å². The van der Waals surface area contributed by atoms with E-state index in [1.54, 1.807) is 0 Å². The second kappa shape index (κ2) is 6.39. The van der Waals surface area contributed by atoms with Gasteiger partial charge in [-0.05, 0) is 45.6 Å². The highest BCUT2D eigenvalue weighted by Gasteiger charge is 2.90. The number of carbonyl (C=O) groups is 4. The Hall–Kier alpha value is -2.30. The van der Waals surface area contributed by atoms with E-state index in [1.165, 1.54) is 6.08 Å². The third-order valence-electron chi connectivity index (χ3n) is 11.0. The van der Waals surface area contributed by atoms with Crippen molar-refractivity contribution in [2.75, 3.05) is 6.61 Å². The highest BCUT2D eigenvalue weighted by molar-refractivity contribution is 5.96. The zero-order valence-corrected chi connectivity index (χ0v) is 20.7. The molecule has 0 aromatic carbocycles. The van der Waals surface area contributed by atoms with Crippen molar-refractivity contribution in [3.63, 3.8) is 0 Å². The SMILES string of the molecule is CC1(C)O[C@H]2CC(=O)OC[C@]23[C@H]2CC[C@@]4(C)C(C5=CC(O)OC5=O)OC(=O)C5O[C@]54[C@]2(C)C(=O)C[C@@H]13. The summed E-state index contributed by atoms with van der Waals surface area (Å²) in [5.74, 6) is -2.12. The zero-order chi connectivity index (χ0) is 25.6. The van der Waals surface area contributed by atoms with Crippen LogP contribution in [0.1, 0.15) is 53.4 Å². The molecule has 3 unspecified atom stereocenters. The van der Waals surface area contributed by atoms with Crippen LogP contribution >= 0.6 is 0 Å². The summed E-state index contributed by atoms with van der Waals surface area (Å²) in [6, 6.07) is 0. The van der Waals surface area contributed by atoms with Gasteiger partial charge in [-0.2, -0.15) is 0 Å². The van der Waals surface area contributed by atoms with Gasteiger partial charge in [-0.25, -0.2) is 9.59 Å². The van der Waals surface area contributed by atoms with Crippen molar-refractivity contribution in [3.8, 4) is 0 Å². The summed E-state index contributed by atoms with van der Waals surface area (Å²) in [6.45, 7) is 7.88. The minimum atomic E-state index is -1.41. The van der Waals surface area contributed by atoms with Crippen molar-refractivity contribution in [2.24, 2.45) is 28.1 Å². The van der Waals surface area contributed by atoms with Gasteiger partial charge in [0.1, 0.15) is 24.1 Å². The van der Waals surface area contributed by atoms with E-state index in [-0.39, 0.29) is 48.6 Å². The van der Waals surface area contributed by atoms with Gasteiger partial charge in [0.2, 0.25) is 6.29 Å². The molecule has 0 aromatic heterocycles. The van der Waals surface area contributed by atoms with Gasteiger partial charge >= 0.3 is 17.9 Å². The van der Waals surface area contributed by atoms with Crippen LogP contribution in [0.25, 0.3) is 0 Å². The van der Waals surface area contributed by atoms with Crippen molar-refractivity contribution in [1.82, 2.24) is 0 Å². The number of ether oxygens (including phenoxy) is 5. The first-order valence-electron chi connectivity index (χ1n) is 12.7. The van der Waals surface area contributed by atoms with Gasteiger partial charge in [0.25, 0.3) is 0 Å². The first kappa shape index (κ1) is 22.9. The van der Waals surface area contributed by atoms with E-state index in [1.807, 2.05) is 27.7 Å². The van der Waals surface area contributed by atoms with E-state index in [4.69, 9.17) is 23.7 Å². The van der Waals surface area contributed by atoms with E-state index in [2.05, 4.69) is 0 Å². The summed E-state index contributed by atoms with van der Waals surface area (Å²) in [7, 11) is 0. The van der Waals surface area contributed by atoms with E-state index >= 15 is 0 Å². The number of Topliss-reactive ketones (excluding diaryl/α,β-unsaturated/α-hetero) is 1. The number of fused-ring (bicyclic) bond motifs is 1. The monoisotopic (exact) mass is 502 g/mol. The van der Waals surface area contributed by atoms with Crippen LogP contribution in [0.5, 0.6) is 0 Å². The molecule has 0 bridgehead atoms. The number of ketones is 1. The number of aliphatic hydroxyl groups is 1. The molecule has 2 aliphatic carbocycles. The average molecular weight is 503 g/mol. The van der Waals surface area contributed by atoms with Crippen molar-refractivity contribution >= 4 is 23.7 Å². The number of epoxide rings is 1. The Morgan fingerprint density at radius 3 is 2.39 bits per heavy atom. The molecule has 36 heavy (non-hydrogen) atoms. The quantitative estimate of drug-likeness (QED) is 0.314. The Labute approximate surface area is 207 Å². The van der Waals surface area contributed by atoms with E-state index in [0.717, 1.165) is 0 Å². The Morgan fingerprint density at radius 2 is 1.69 bits per heavy atom. The smallest absolute Gasteiger partial charge is 0.340 e. The summed E-state index contributed by atoms with van der Waals surface area (Å²) >= 11 is 0. The molecule has 5 heterocycles. The van der Waals surface area contributed by atoms with Gasteiger partial charge in [0, 0.05) is 23.2 Å². The average Bonchev–Trinajstić information content (AvgIpc) is 3.43. The second-order valence-corrected chi connectivity index (χ2v) is 12.5. The molecule has 7 aliphatic rings. The number of hydrogen-bond donors (Lipinski definition) is 1. The van der Waals surface area contributed by atoms with Crippen LogP contribution in [0, 0.1) is 28.1 Å². The fourth-order valence-electron chi connectivity index (χ4n) is 9.51. The Balaban J connectivity index is 1.39. The largest absolute Gasteiger partial charge is 0.465 e. The number of hydrogen-bond acceptors (Lipinski definition) is 10. The molecule has 10 nitrogen and oxygen atoms in total. The third kappa shape index (κ3) is 2.23. The van der Waals surface area contributed by atoms with Gasteiger partial charge in [0.15, 0.2) is 6.10 Å². The number of carbonyl (C=O) groups excluding carboxylic acids is 4. The maximum Gasteiger partial charge on any atom is 0.340 e. The normalized spacial score (nSPS) is 54.1. The van der Waals surface area contributed by atoms with Crippen LogP contribution in [0.3, 0.4) is 0 Å². The van der Waals surface area contributed by atoms with E-state index in [0.29, 0.717) is 12.8 Å². The summed E-state index contributed by atoms with van der Waals surface area (Å²) in [5.41, 5.74) is -4.37. The summed E-state index contributed by atoms with van der Waals surface area (Å²) < 4.78 is 29.1. The highest BCUT2D eigenvalue weighted by Crippen LogP contribution is 2.78. The van der Waals surface area contributed by atoms with Crippen LogP contribution in [0.4, 0.5) is 0 Å². The first-order valence-corrected chi connectivity index (χ1v) is 12.7. The minimum absolute atomic E-state index is 0.0118. The molecule has 7 rings (SSSR count). The van der Waals surface area contributed by atoms with Gasteiger partial charge in [0.05, 0.1) is 29.1 Å². The lowest BCUT2D eigenvalue weighted by Gasteiger charge is -2.65. The van der Waals surface area contributed by atoms with Crippen molar-refractivity contribution in [2.45, 2.75) is 89.2 Å². The predicted octanol–water partition coefficient (Wildman–Crippen LogP) is 0.973. The fourth-order valence-corrected chi connectivity index (χ4v) is 9.51. The summed E-state index contributed by atoms with van der Waals surface area (Å²) in [6.07, 6.45) is -1.12. The lowest BCUT2D eigenvalue weighted by molar-refractivity contribution is -0.221. The van der Waals surface area contributed by atoms with Gasteiger partial charge in [-0.15, -0.1) is 0 Å². The molecular formula is C26H30O10. The first-order chi connectivity index (χ1) is 16.8. The lowest BCUT2D eigenvalue weighted by atomic mass is 9.37. The van der Waals surface area contributed by atoms with Crippen LogP contribution in [-0.4, -0.2) is 71.2 Å². The maximum atomic E-state index is 14.3. The van der Waals surface area contributed by atoms with E-state index in [9.17, 15) is 24.3 Å². The van der Waals surface area contributed by atoms with Crippen molar-refractivity contribution in [3.05, 3.63) is 11.6 Å². The molecule has 10 heteroatoms. The molecule has 6 fully saturated rings. The van der Waals surface area contributed by atoms with E-state index < -0.39 is 64.0 Å². The van der Waals surface area contributed by atoms with Crippen molar-refractivity contribution in [1.29, 1.82) is 0 Å². The molecule has 4 saturated heterocycles. The lowest BCUT2D eigenvalue weighted by Crippen LogP contribution is -2.74. The highest BCUT2D eigenvalue weighted by atomic mass is 16.7. The Bertz CT molecular complexity index is 1170. The van der Waals surface area contributed by atoms with Gasteiger partial charge in [-0.3, -0.25) is 9.59 Å². The topological polar surface area (TPSA) is 138 Å². The fraction of sp³-hybridized carbons (Fsp3) is 0.769.